The van der Waals surface area contributed by atoms with Crippen molar-refractivity contribution in [2.75, 3.05) is 12.8 Å². The number of nitrogens with zero attached hydrogens (tertiary/aromatic N) is 1. The van der Waals surface area contributed by atoms with Crippen molar-refractivity contribution in [3.8, 4) is 0 Å². The summed E-state index contributed by atoms with van der Waals surface area (Å²) in [5, 5.41) is 2.25. The summed E-state index contributed by atoms with van der Waals surface area (Å²) in [5.41, 5.74) is 7.92. The normalized spacial score (nSPS) is 13.8. The van der Waals surface area contributed by atoms with Crippen molar-refractivity contribution < 1.29 is 14.4 Å². The molecule has 2 rings (SSSR count). The zero-order valence-electron chi connectivity index (χ0n) is 12.3. The predicted molar refractivity (Wildman–Crippen MR) is 80.6 cm³/mol. The molecule has 6 heteroatoms. The highest BCUT2D eigenvalue weighted by molar-refractivity contribution is 6.00. The number of hydrogen-bond acceptors (Lipinski definition) is 4. The number of nitrogen functional groups attached to an aromatic ring is 1. The molecule has 1 aliphatic rings. The van der Waals surface area contributed by atoms with E-state index >= 15 is 0 Å². The van der Waals surface area contributed by atoms with Gasteiger partial charge in [-0.3, -0.25) is 9.59 Å². The third-order valence-electron chi connectivity index (χ3n) is 3.22. The molecule has 0 bridgehead atoms. The zero-order chi connectivity index (χ0) is 15.8. The van der Waals surface area contributed by atoms with E-state index in [9.17, 15) is 9.59 Å². The number of fused-ring (bicyclic) bond motifs is 1. The largest absolute Gasteiger partial charge is 0.399 e. The monoisotopic (exact) mass is 291 g/mol. The number of benzene rings is 1. The summed E-state index contributed by atoms with van der Waals surface area (Å²) in [4.78, 5) is 33.8. The number of rotatable bonds is 5. The van der Waals surface area contributed by atoms with Crippen LogP contribution >= 0.6 is 0 Å². The molecule has 0 aliphatic carbocycles. The number of aldehydes is 1. The minimum absolute atomic E-state index is 0.0643. The van der Waals surface area contributed by atoms with Gasteiger partial charge in [0.1, 0.15) is 6.29 Å². The first-order chi connectivity index (χ1) is 10.1. The molecule has 21 heavy (non-hydrogen) atoms. The molecule has 1 aromatic carbocycles. The number of carbonyl (C=O) groups is 3. The average molecular weight is 291 g/mol. The molecule has 1 aromatic rings. The van der Waals surface area contributed by atoms with Crippen molar-refractivity contribution in [1.29, 1.82) is 0 Å². The summed E-state index contributed by atoms with van der Waals surface area (Å²) in [6.07, 6.45) is 3.07. The number of amides is 2. The van der Waals surface area contributed by atoms with Crippen LogP contribution in [0, 0.1) is 0 Å². The third-order valence-corrected chi connectivity index (χ3v) is 3.22. The topological polar surface area (TPSA) is 92.5 Å². The van der Waals surface area contributed by atoms with Crippen molar-refractivity contribution in [3.05, 3.63) is 29.3 Å². The Hall–Kier alpha value is -2.37. The minimum Gasteiger partial charge on any atom is -0.399 e. The Morgan fingerprint density at radius 3 is 2.62 bits per heavy atom. The molecule has 0 saturated carbocycles. The number of anilines is 1. The van der Waals surface area contributed by atoms with Gasteiger partial charge in [0.05, 0.1) is 6.04 Å². The highest BCUT2D eigenvalue weighted by Crippen LogP contribution is 2.27. The van der Waals surface area contributed by atoms with Gasteiger partial charge in [-0.1, -0.05) is 13.3 Å². The molecule has 1 unspecified atom stereocenters. The molecule has 0 fully saturated rings. The Morgan fingerprint density at radius 1 is 1.43 bits per heavy atom. The molecule has 0 saturated heterocycles. The number of nitrogens with one attached hydrogen (secondary N) is 1. The molecule has 2 amide bonds. The van der Waals surface area contributed by atoms with Gasteiger partial charge in [-0.15, -0.1) is 0 Å². The summed E-state index contributed by atoms with van der Waals surface area (Å²) in [7, 11) is 1.56. The van der Waals surface area contributed by atoms with E-state index in [0.717, 1.165) is 18.3 Å². The maximum atomic E-state index is 12.1. The van der Waals surface area contributed by atoms with Crippen LogP contribution in [-0.2, 0) is 16.1 Å². The SMILES string of the molecule is CCCC(C=O)N1Cc2cc(N)ccc2C1=O.CNC=O. The van der Waals surface area contributed by atoms with E-state index in [2.05, 4.69) is 5.32 Å². The lowest BCUT2D eigenvalue weighted by Crippen LogP contribution is -2.36. The van der Waals surface area contributed by atoms with E-state index in [1.165, 1.54) is 0 Å². The van der Waals surface area contributed by atoms with Crippen LogP contribution in [0.3, 0.4) is 0 Å². The van der Waals surface area contributed by atoms with Gasteiger partial charge in [0.25, 0.3) is 5.91 Å². The molecule has 0 radical (unpaired) electrons. The first kappa shape index (κ1) is 16.7. The molecule has 3 N–H and O–H groups in total. The van der Waals surface area contributed by atoms with Gasteiger partial charge in [-0.05, 0) is 30.2 Å². The molecule has 1 atom stereocenters. The van der Waals surface area contributed by atoms with Crippen LogP contribution in [0.5, 0.6) is 0 Å². The molecule has 1 aliphatic heterocycles. The highest BCUT2D eigenvalue weighted by Gasteiger charge is 2.31. The van der Waals surface area contributed by atoms with Crippen LogP contribution in [0.1, 0.15) is 35.7 Å². The van der Waals surface area contributed by atoms with Crippen molar-refractivity contribution in [2.24, 2.45) is 0 Å². The van der Waals surface area contributed by atoms with Crippen LogP contribution in [0.2, 0.25) is 0 Å². The van der Waals surface area contributed by atoms with E-state index < -0.39 is 0 Å². The van der Waals surface area contributed by atoms with E-state index in [0.29, 0.717) is 30.6 Å². The molecular formula is C15H21N3O3. The van der Waals surface area contributed by atoms with Gasteiger partial charge < -0.3 is 20.7 Å². The highest BCUT2D eigenvalue weighted by atomic mass is 16.2. The quantitative estimate of drug-likeness (QED) is 0.624. The summed E-state index contributed by atoms with van der Waals surface area (Å²) in [6, 6.07) is 4.94. The van der Waals surface area contributed by atoms with E-state index in [1.807, 2.05) is 6.92 Å². The Labute approximate surface area is 124 Å². The maximum absolute atomic E-state index is 12.1. The van der Waals surface area contributed by atoms with Gasteiger partial charge >= 0.3 is 0 Å². The molecule has 6 nitrogen and oxygen atoms in total. The van der Waals surface area contributed by atoms with Crippen LogP contribution < -0.4 is 11.1 Å². The Balaban J connectivity index is 0.000000491. The summed E-state index contributed by atoms with van der Waals surface area (Å²) in [6.45, 7) is 2.49. The van der Waals surface area contributed by atoms with Crippen LogP contribution in [0.15, 0.2) is 18.2 Å². The number of carbonyl (C=O) groups excluding carboxylic acids is 3. The molecule has 0 spiro atoms. The second kappa shape index (κ2) is 8.04. The van der Waals surface area contributed by atoms with Crippen LogP contribution in [0.25, 0.3) is 0 Å². The fraction of sp³-hybridized carbons (Fsp3) is 0.400. The fourth-order valence-corrected chi connectivity index (χ4v) is 2.22. The second-order valence-corrected chi connectivity index (χ2v) is 4.75. The van der Waals surface area contributed by atoms with Crippen molar-refractivity contribution in [1.82, 2.24) is 10.2 Å². The second-order valence-electron chi connectivity index (χ2n) is 4.75. The Morgan fingerprint density at radius 2 is 2.10 bits per heavy atom. The average Bonchev–Trinajstić information content (AvgIpc) is 2.81. The summed E-state index contributed by atoms with van der Waals surface area (Å²) >= 11 is 0. The van der Waals surface area contributed by atoms with Crippen LogP contribution in [-0.4, -0.2) is 36.6 Å². The maximum Gasteiger partial charge on any atom is 0.255 e. The first-order valence-electron chi connectivity index (χ1n) is 6.84. The standard InChI is InChI=1S/C13H16N2O2.C2H5NO/c1-2-3-11(8-16)15-7-9-6-10(14)4-5-12(9)13(15)17;1-3-2-4/h4-6,8,11H,2-3,7,14H2,1H3;2H,1H3,(H,3,4). The predicted octanol–water partition coefficient (Wildman–Crippen LogP) is 0.954. The fourth-order valence-electron chi connectivity index (χ4n) is 2.22. The first-order valence-corrected chi connectivity index (χ1v) is 6.84. The van der Waals surface area contributed by atoms with Gasteiger partial charge in [-0.2, -0.15) is 0 Å². The minimum atomic E-state index is -0.318. The van der Waals surface area contributed by atoms with Crippen LogP contribution in [0.4, 0.5) is 5.69 Å². The zero-order valence-corrected chi connectivity index (χ0v) is 12.3. The smallest absolute Gasteiger partial charge is 0.255 e. The van der Waals surface area contributed by atoms with Crippen molar-refractivity contribution in [2.45, 2.75) is 32.4 Å². The molecular weight excluding hydrogens is 270 g/mol. The van der Waals surface area contributed by atoms with Gasteiger partial charge in [0.2, 0.25) is 6.41 Å². The summed E-state index contributed by atoms with van der Waals surface area (Å²) < 4.78 is 0. The van der Waals surface area contributed by atoms with Gasteiger partial charge in [0, 0.05) is 24.8 Å². The third kappa shape index (κ3) is 4.05. The lowest BCUT2D eigenvalue weighted by molar-refractivity contribution is -0.112. The number of hydrogen-bond donors (Lipinski definition) is 2. The van der Waals surface area contributed by atoms with Gasteiger partial charge in [-0.25, -0.2) is 0 Å². The van der Waals surface area contributed by atoms with Crippen molar-refractivity contribution in [3.63, 3.8) is 0 Å². The molecule has 0 aromatic heterocycles. The lowest BCUT2D eigenvalue weighted by Gasteiger charge is -2.22. The van der Waals surface area contributed by atoms with Crippen molar-refractivity contribution >= 4 is 24.3 Å². The van der Waals surface area contributed by atoms with E-state index in [-0.39, 0.29) is 11.9 Å². The Bertz CT molecular complexity index is 517. The Kier molecular flexibility index (Phi) is 6.39. The molecule has 114 valence electrons. The lowest BCUT2D eigenvalue weighted by atomic mass is 10.1. The van der Waals surface area contributed by atoms with E-state index in [4.69, 9.17) is 10.5 Å². The van der Waals surface area contributed by atoms with Gasteiger partial charge in [0.15, 0.2) is 0 Å². The van der Waals surface area contributed by atoms with E-state index in [1.54, 1.807) is 30.1 Å². The molecule has 1 heterocycles. The number of nitrogens with two attached hydrogens (primary N) is 1. The summed E-state index contributed by atoms with van der Waals surface area (Å²) in [5.74, 6) is -0.0643.